The summed E-state index contributed by atoms with van der Waals surface area (Å²) in [5.74, 6) is 0.605. The summed E-state index contributed by atoms with van der Waals surface area (Å²) in [5.41, 5.74) is 1.95. The van der Waals surface area contributed by atoms with Crippen LogP contribution in [-0.2, 0) is 0 Å². The molecule has 4 heteroatoms. The molecule has 0 aliphatic carbocycles. The lowest BCUT2D eigenvalue weighted by Crippen LogP contribution is -2.03. The van der Waals surface area contributed by atoms with Crippen LogP contribution in [0, 0.1) is 6.92 Å². The van der Waals surface area contributed by atoms with Crippen LogP contribution in [0.3, 0.4) is 0 Å². The zero-order valence-corrected chi connectivity index (χ0v) is 11.6. The zero-order valence-electron chi connectivity index (χ0n) is 10.0. The molecule has 0 aliphatic heterocycles. The predicted octanol–water partition coefficient (Wildman–Crippen LogP) is 3.87. The fourth-order valence-electron chi connectivity index (χ4n) is 1.62. The molecule has 0 saturated carbocycles. The molecule has 1 N–H and O–H groups in total. The van der Waals surface area contributed by atoms with Crippen molar-refractivity contribution >= 4 is 23.4 Å². The molecular weight excluding hydrogens is 266 g/mol. The van der Waals surface area contributed by atoms with Gasteiger partial charge in [0.2, 0.25) is 0 Å². The first-order valence-electron chi connectivity index (χ1n) is 5.64. The molecule has 0 fully saturated rings. The van der Waals surface area contributed by atoms with Gasteiger partial charge in [-0.25, -0.2) is 0 Å². The normalized spacial score (nSPS) is 12.4. The van der Waals surface area contributed by atoms with Crippen molar-refractivity contribution in [2.24, 2.45) is 0 Å². The Hall–Kier alpha value is -1.03. The molecule has 0 radical (unpaired) electrons. The van der Waals surface area contributed by atoms with Gasteiger partial charge in [-0.05, 0) is 42.8 Å². The lowest BCUT2D eigenvalue weighted by molar-refractivity contribution is 0.203. The van der Waals surface area contributed by atoms with Gasteiger partial charge in [0.15, 0.2) is 0 Å². The minimum Gasteiger partial charge on any atom is -0.387 e. The Balaban J connectivity index is 1.98. The topological polar surface area (TPSA) is 33.1 Å². The van der Waals surface area contributed by atoms with Crippen LogP contribution in [-0.4, -0.2) is 15.8 Å². The van der Waals surface area contributed by atoms with Crippen LogP contribution in [0.1, 0.15) is 17.2 Å². The van der Waals surface area contributed by atoms with E-state index in [2.05, 4.69) is 4.98 Å². The molecule has 18 heavy (non-hydrogen) atoms. The summed E-state index contributed by atoms with van der Waals surface area (Å²) in [6, 6.07) is 9.52. The number of rotatable bonds is 4. The molecule has 0 bridgehead atoms. The van der Waals surface area contributed by atoms with Gasteiger partial charge in [0.05, 0.1) is 6.10 Å². The molecule has 94 valence electrons. The number of thioether (sulfide) groups is 1. The molecule has 0 amide bonds. The highest BCUT2D eigenvalue weighted by atomic mass is 35.5. The number of halogens is 1. The lowest BCUT2D eigenvalue weighted by Gasteiger charge is -2.12. The molecule has 1 unspecified atom stereocenters. The molecule has 1 heterocycles. The van der Waals surface area contributed by atoms with Gasteiger partial charge >= 0.3 is 0 Å². The van der Waals surface area contributed by atoms with E-state index in [0.717, 1.165) is 21.0 Å². The number of hydrogen-bond acceptors (Lipinski definition) is 3. The maximum absolute atomic E-state index is 10.1. The fraction of sp³-hybridized carbons (Fsp3) is 0.214. The van der Waals surface area contributed by atoms with Crippen LogP contribution >= 0.6 is 23.4 Å². The second-order valence-corrected chi connectivity index (χ2v) is 5.54. The highest BCUT2D eigenvalue weighted by Gasteiger charge is 2.10. The van der Waals surface area contributed by atoms with Gasteiger partial charge in [-0.2, -0.15) is 0 Å². The summed E-state index contributed by atoms with van der Waals surface area (Å²) in [5, 5.41) is 10.9. The van der Waals surface area contributed by atoms with Gasteiger partial charge in [-0.3, -0.25) is 4.98 Å². The minimum atomic E-state index is -0.501. The lowest BCUT2D eigenvalue weighted by atomic mass is 10.1. The van der Waals surface area contributed by atoms with Crippen molar-refractivity contribution in [3.8, 4) is 0 Å². The third-order valence-electron chi connectivity index (χ3n) is 2.66. The fourth-order valence-corrected chi connectivity index (χ4v) is 2.61. The molecule has 0 saturated heterocycles. The SMILES string of the molecule is Cc1ccncc1C(O)CSc1ccc(Cl)cc1. The first-order chi connectivity index (χ1) is 8.66. The number of aliphatic hydroxyl groups is 1. The van der Waals surface area contributed by atoms with Crippen LogP contribution in [0.25, 0.3) is 0 Å². The van der Waals surface area contributed by atoms with Crippen LogP contribution in [0.2, 0.25) is 5.02 Å². The largest absolute Gasteiger partial charge is 0.387 e. The molecule has 1 atom stereocenters. The van der Waals surface area contributed by atoms with Gasteiger partial charge < -0.3 is 5.11 Å². The summed E-state index contributed by atoms with van der Waals surface area (Å²) in [4.78, 5) is 5.14. The first kappa shape index (κ1) is 13.4. The number of hydrogen-bond donors (Lipinski definition) is 1. The maximum atomic E-state index is 10.1. The molecule has 0 aliphatic rings. The second-order valence-electron chi connectivity index (χ2n) is 4.01. The van der Waals surface area contributed by atoms with Gasteiger partial charge in [-0.1, -0.05) is 11.6 Å². The van der Waals surface area contributed by atoms with Crippen molar-refractivity contribution in [3.63, 3.8) is 0 Å². The first-order valence-corrected chi connectivity index (χ1v) is 7.00. The molecule has 0 spiro atoms. The van der Waals surface area contributed by atoms with Crippen molar-refractivity contribution in [3.05, 3.63) is 58.9 Å². The van der Waals surface area contributed by atoms with E-state index >= 15 is 0 Å². The third-order valence-corrected chi connectivity index (χ3v) is 4.00. The molecule has 1 aromatic heterocycles. The Bertz CT molecular complexity index is 515. The predicted molar refractivity (Wildman–Crippen MR) is 76.1 cm³/mol. The Morgan fingerprint density at radius 3 is 2.67 bits per heavy atom. The average Bonchev–Trinajstić information content (AvgIpc) is 2.38. The second kappa shape index (κ2) is 6.23. The smallest absolute Gasteiger partial charge is 0.0901 e. The van der Waals surface area contributed by atoms with E-state index in [1.54, 1.807) is 24.2 Å². The van der Waals surface area contributed by atoms with Crippen molar-refractivity contribution in [2.75, 3.05) is 5.75 Å². The molecule has 2 aromatic rings. The van der Waals surface area contributed by atoms with E-state index < -0.39 is 6.10 Å². The van der Waals surface area contributed by atoms with Crippen LogP contribution in [0.5, 0.6) is 0 Å². The van der Waals surface area contributed by atoms with Gasteiger partial charge in [0.25, 0.3) is 0 Å². The van der Waals surface area contributed by atoms with Crippen molar-refractivity contribution in [1.82, 2.24) is 4.98 Å². The van der Waals surface area contributed by atoms with E-state index in [-0.39, 0.29) is 0 Å². The van der Waals surface area contributed by atoms with Gasteiger partial charge in [0.1, 0.15) is 0 Å². The van der Waals surface area contributed by atoms with E-state index in [1.165, 1.54) is 0 Å². The van der Waals surface area contributed by atoms with Gasteiger partial charge in [0, 0.05) is 33.6 Å². The summed E-state index contributed by atoms with van der Waals surface area (Å²) >= 11 is 7.43. The number of benzene rings is 1. The van der Waals surface area contributed by atoms with Crippen LogP contribution < -0.4 is 0 Å². The summed E-state index contributed by atoms with van der Waals surface area (Å²) < 4.78 is 0. The standard InChI is InChI=1S/C14H14ClNOS/c1-10-6-7-16-8-13(10)14(17)9-18-12-4-2-11(15)3-5-12/h2-8,14,17H,9H2,1H3. The maximum Gasteiger partial charge on any atom is 0.0901 e. The highest BCUT2D eigenvalue weighted by molar-refractivity contribution is 7.99. The summed E-state index contributed by atoms with van der Waals surface area (Å²) in [7, 11) is 0. The third kappa shape index (κ3) is 3.48. The molecule has 2 rings (SSSR count). The number of aromatic nitrogens is 1. The molecular formula is C14H14ClNOS. The monoisotopic (exact) mass is 279 g/mol. The van der Waals surface area contributed by atoms with E-state index in [0.29, 0.717) is 5.75 Å². The summed E-state index contributed by atoms with van der Waals surface area (Å²) in [6.45, 7) is 1.98. The van der Waals surface area contributed by atoms with Crippen LogP contribution in [0.15, 0.2) is 47.6 Å². The zero-order chi connectivity index (χ0) is 13.0. The number of pyridine rings is 1. The average molecular weight is 280 g/mol. The van der Waals surface area contributed by atoms with Crippen molar-refractivity contribution in [1.29, 1.82) is 0 Å². The Morgan fingerprint density at radius 2 is 2.00 bits per heavy atom. The number of nitrogens with zero attached hydrogens (tertiary/aromatic N) is 1. The number of aryl methyl sites for hydroxylation is 1. The Labute approximate surface area is 116 Å². The van der Waals surface area contributed by atoms with Crippen molar-refractivity contribution < 1.29 is 5.11 Å². The Kier molecular flexibility index (Phi) is 4.64. The minimum absolute atomic E-state index is 0.501. The van der Waals surface area contributed by atoms with Crippen LogP contribution in [0.4, 0.5) is 0 Å². The molecule has 1 aromatic carbocycles. The quantitative estimate of drug-likeness (QED) is 0.863. The summed E-state index contributed by atoms with van der Waals surface area (Å²) in [6.07, 6.45) is 2.96. The highest BCUT2D eigenvalue weighted by Crippen LogP contribution is 2.26. The Morgan fingerprint density at radius 1 is 1.28 bits per heavy atom. The van der Waals surface area contributed by atoms with E-state index in [1.807, 2.05) is 37.3 Å². The molecule has 2 nitrogen and oxygen atoms in total. The van der Waals surface area contributed by atoms with E-state index in [9.17, 15) is 5.11 Å². The van der Waals surface area contributed by atoms with Gasteiger partial charge in [-0.15, -0.1) is 11.8 Å². The number of aliphatic hydroxyl groups excluding tert-OH is 1. The van der Waals surface area contributed by atoms with Crippen molar-refractivity contribution in [2.45, 2.75) is 17.9 Å². The van der Waals surface area contributed by atoms with E-state index in [4.69, 9.17) is 11.6 Å².